The molecule has 0 bridgehead atoms. The van der Waals surface area contributed by atoms with Gasteiger partial charge < -0.3 is 0 Å². The van der Waals surface area contributed by atoms with E-state index in [9.17, 15) is 0 Å². The molecule has 1 aliphatic carbocycles. The molecule has 0 N–H and O–H groups in total. The quantitative estimate of drug-likeness (QED) is 0.659. The van der Waals surface area contributed by atoms with Crippen LogP contribution in [0.25, 0.3) is 0 Å². The summed E-state index contributed by atoms with van der Waals surface area (Å²) in [6.45, 7) is 4.55. The smallest absolute Gasteiger partial charge is 0.0889 e. The lowest BCUT2D eigenvalue weighted by Crippen LogP contribution is -2.19. The van der Waals surface area contributed by atoms with Crippen LogP contribution in [0.3, 0.4) is 0 Å². The van der Waals surface area contributed by atoms with Crippen LogP contribution in [0, 0.1) is 5.92 Å². The lowest BCUT2D eigenvalue weighted by molar-refractivity contribution is 0.369. The third-order valence-corrected chi connectivity index (χ3v) is 3.39. The zero-order chi connectivity index (χ0) is 9.42. The lowest BCUT2D eigenvalue weighted by Gasteiger charge is -2.26. The van der Waals surface area contributed by atoms with E-state index < -0.39 is 0 Å². The first kappa shape index (κ1) is 8.73. The lowest BCUT2D eigenvalue weighted by atomic mass is 9.79. The Morgan fingerprint density at radius 1 is 1.54 bits per heavy atom. The monoisotopic (exact) mass is 179 g/mol. The predicted molar refractivity (Wildman–Crippen MR) is 51.5 cm³/mol. The number of hydrogen-bond acceptors (Lipinski definition) is 2. The van der Waals surface area contributed by atoms with Gasteiger partial charge in [-0.1, -0.05) is 25.5 Å². The van der Waals surface area contributed by atoms with Crippen LogP contribution < -0.4 is 0 Å². The van der Waals surface area contributed by atoms with Gasteiger partial charge in [-0.05, 0) is 18.8 Å². The number of hydrogen-bond donors (Lipinski definition) is 0. The van der Waals surface area contributed by atoms with Crippen LogP contribution in [0.4, 0.5) is 0 Å². The molecule has 72 valence electrons. The fraction of sp³-hybridized carbons (Fsp3) is 0.800. The van der Waals surface area contributed by atoms with Crippen molar-refractivity contribution in [1.82, 2.24) is 15.0 Å². The molecule has 0 amide bonds. The van der Waals surface area contributed by atoms with Gasteiger partial charge in [0.15, 0.2) is 0 Å². The van der Waals surface area contributed by atoms with Crippen LogP contribution >= 0.6 is 0 Å². The second-order valence-corrected chi connectivity index (χ2v) is 4.04. The molecular weight excluding hydrogens is 162 g/mol. The summed E-state index contributed by atoms with van der Waals surface area (Å²) in [6.07, 6.45) is 3.71. The van der Waals surface area contributed by atoms with Gasteiger partial charge in [0, 0.05) is 13.0 Å². The van der Waals surface area contributed by atoms with Gasteiger partial charge in [0.05, 0.1) is 11.4 Å². The van der Waals surface area contributed by atoms with Crippen molar-refractivity contribution in [2.24, 2.45) is 13.0 Å². The molecule has 2 rings (SSSR count). The van der Waals surface area contributed by atoms with Crippen LogP contribution in [0.2, 0.25) is 0 Å². The summed E-state index contributed by atoms with van der Waals surface area (Å²) in [5.41, 5.74) is 2.58. The molecule has 13 heavy (non-hydrogen) atoms. The maximum absolute atomic E-state index is 4.25. The van der Waals surface area contributed by atoms with Gasteiger partial charge in [0.2, 0.25) is 0 Å². The van der Waals surface area contributed by atoms with Crippen LogP contribution in [0.15, 0.2) is 0 Å². The predicted octanol–water partition coefficient (Wildman–Crippen LogP) is 1.89. The minimum Gasteiger partial charge on any atom is -0.252 e. The van der Waals surface area contributed by atoms with E-state index in [1.807, 2.05) is 11.7 Å². The molecule has 0 spiro atoms. The van der Waals surface area contributed by atoms with Crippen molar-refractivity contribution in [1.29, 1.82) is 0 Å². The highest BCUT2D eigenvalue weighted by molar-refractivity contribution is 5.19. The van der Waals surface area contributed by atoms with E-state index in [0.29, 0.717) is 5.92 Å². The van der Waals surface area contributed by atoms with Crippen LogP contribution in [0.1, 0.15) is 44.0 Å². The van der Waals surface area contributed by atoms with E-state index in [1.54, 1.807) is 0 Å². The van der Waals surface area contributed by atoms with Gasteiger partial charge in [-0.3, -0.25) is 4.68 Å². The molecular formula is C10H17N3. The highest BCUT2D eigenvalue weighted by atomic mass is 15.4. The average molecular weight is 179 g/mol. The Labute approximate surface area is 79.1 Å². The number of aromatic nitrogens is 3. The molecule has 0 saturated carbocycles. The Morgan fingerprint density at radius 2 is 2.31 bits per heavy atom. The van der Waals surface area contributed by atoms with Gasteiger partial charge in [0.25, 0.3) is 0 Å². The maximum atomic E-state index is 4.25. The van der Waals surface area contributed by atoms with Gasteiger partial charge >= 0.3 is 0 Å². The molecule has 0 aliphatic heterocycles. The van der Waals surface area contributed by atoms with Gasteiger partial charge in [0.1, 0.15) is 0 Å². The molecule has 0 radical (unpaired) electrons. The Kier molecular flexibility index (Phi) is 2.10. The highest BCUT2D eigenvalue weighted by Crippen LogP contribution is 2.35. The van der Waals surface area contributed by atoms with E-state index in [-0.39, 0.29) is 0 Å². The van der Waals surface area contributed by atoms with Gasteiger partial charge in [-0.25, -0.2) is 0 Å². The van der Waals surface area contributed by atoms with E-state index in [2.05, 4.69) is 24.2 Å². The standard InChI is InChI=1S/C10H17N3/c1-4-8-5-6-9-10(7(8)2)11-12-13(9)3/h7-8H,4-6H2,1-3H3/t7-,8?/m0/s1. The second kappa shape index (κ2) is 3.13. The Bertz CT molecular complexity index is 303. The molecule has 0 fully saturated rings. The topological polar surface area (TPSA) is 30.7 Å². The average Bonchev–Trinajstić information content (AvgIpc) is 2.50. The van der Waals surface area contributed by atoms with Crippen LogP contribution in [-0.2, 0) is 13.5 Å². The second-order valence-electron chi connectivity index (χ2n) is 4.04. The van der Waals surface area contributed by atoms with Crippen LogP contribution in [-0.4, -0.2) is 15.0 Å². The molecule has 2 atom stereocenters. The van der Waals surface area contributed by atoms with Crippen molar-refractivity contribution in [2.75, 3.05) is 0 Å². The first-order valence-corrected chi connectivity index (χ1v) is 5.12. The molecule has 0 saturated heterocycles. The minimum absolute atomic E-state index is 0.599. The molecule has 3 nitrogen and oxygen atoms in total. The number of nitrogens with zero attached hydrogens (tertiary/aromatic N) is 3. The summed E-state index contributed by atoms with van der Waals surface area (Å²) < 4.78 is 1.93. The first-order valence-electron chi connectivity index (χ1n) is 5.12. The fourth-order valence-corrected chi connectivity index (χ4v) is 2.39. The Hall–Kier alpha value is -0.860. The number of fused-ring (bicyclic) bond motifs is 1. The van der Waals surface area contributed by atoms with E-state index >= 15 is 0 Å². The third kappa shape index (κ3) is 1.26. The highest BCUT2D eigenvalue weighted by Gasteiger charge is 2.28. The number of aryl methyl sites for hydroxylation is 1. The van der Waals surface area contributed by atoms with E-state index in [1.165, 1.54) is 24.2 Å². The normalized spacial score (nSPS) is 27.3. The summed E-state index contributed by atoms with van der Waals surface area (Å²) in [4.78, 5) is 0. The summed E-state index contributed by atoms with van der Waals surface area (Å²) in [5, 5.41) is 8.33. The van der Waals surface area contributed by atoms with Gasteiger partial charge in [-0.2, -0.15) is 0 Å². The minimum atomic E-state index is 0.599. The molecule has 1 aromatic heterocycles. The third-order valence-electron chi connectivity index (χ3n) is 3.39. The van der Waals surface area contributed by atoms with Crippen molar-refractivity contribution >= 4 is 0 Å². The zero-order valence-corrected chi connectivity index (χ0v) is 8.62. The van der Waals surface area contributed by atoms with E-state index in [0.717, 1.165) is 12.3 Å². The summed E-state index contributed by atoms with van der Waals surface area (Å²) in [7, 11) is 1.99. The fourth-order valence-electron chi connectivity index (χ4n) is 2.39. The molecule has 1 heterocycles. The van der Waals surface area contributed by atoms with Crippen molar-refractivity contribution in [3.05, 3.63) is 11.4 Å². The largest absolute Gasteiger partial charge is 0.252 e. The molecule has 1 aromatic rings. The van der Waals surface area contributed by atoms with Crippen molar-refractivity contribution < 1.29 is 0 Å². The summed E-state index contributed by atoms with van der Waals surface area (Å²) >= 11 is 0. The number of rotatable bonds is 1. The van der Waals surface area contributed by atoms with Crippen molar-refractivity contribution in [3.63, 3.8) is 0 Å². The summed E-state index contributed by atoms with van der Waals surface area (Å²) in [5.74, 6) is 1.41. The Balaban J connectivity index is 2.34. The molecule has 0 aromatic carbocycles. The zero-order valence-electron chi connectivity index (χ0n) is 8.62. The van der Waals surface area contributed by atoms with Crippen molar-refractivity contribution in [3.8, 4) is 0 Å². The SMILES string of the molecule is CCC1CCc2c(nnn2C)[C@H]1C. The maximum Gasteiger partial charge on any atom is 0.0889 e. The first-order chi connectivity index (χ1) is 6.24. The summed E-state index contributed by atoms with van der Waals surface area (Å²) in [6, 6.07) is 0. The Morgan fingerprint density at radius 3 is 3.00 bits per heavy atom. The molecule has 3 heteroatoms. The van der Waals surface area contributed by atoms with Crippen molar-refractivity contribution in [2.45, 2.75) is 39.0 Å². The van der Waals surface area contributed by atoms with Gasteiger partial charge in [-0.15, -0.1) is 5.10 Å². The molecule has 1 unspecified atom stereocenters. The van der Waals surface area contributed by atoms with Crippen LogP contribution in [0.5, 0.6) is 0 Å². The van der Waals surface area contributed by atoms with E-state index in [4.69, 9.17) is 0 Å². The molecule has 1 aliphatic rings.